The van der Waals surface area contributed by atoms with E-state index in [-0.39, 0.29) is 6.10 Å². The zero-order valence-electron chi connectivity index (χ0n) is 17.2. The average Bonchev–Trinajstić information content (AvgIpc) is 2.70. The second-order valence-electron chi connectivity index (χ2n) is 7.66. The van der Waals surface area contributed by atoms with Crippen molar-refractivity contribution in [2.24, 2.45) is 0 Å². The van der Waals surface area contributed by atoms with Crippen molar-refractivity contribution >= 4 is 0 Å². The molecule has 2 aromatic rings. The Balaban J connectivity index is 1.56. The number of hydrogen-bond donors (Lipinski definition) is 1. The molecule has 1 aliphatic heterocycles. The molecule has 0 saturated carbocycles. The van der Waals surface area contributed by atoms with Crippen LogP contribution in [0.25, 0.3) is 0 Å². The molecule has 0 amide bonds. The monoisotopic (exact) mass is 385 g/mol. The number of piperidine rings is 1. The van der Waals surface area contributed by atoms with Gasteiger partial charge in [0.15, 0.2) is 11.5 Å². The molecular formula is C23H31NO4. The first-order valence-corrected chi connectivity index (χ1v) is 9.88. The van der Waals surface area contributed by atoms with Gasteiger partial charge in [0, 0.05) is 25.7 Å². The van der Waals surface area contributed by atoms with Gasteiger partial charge in [-0.2, -0.15) is 0 Å². The Hall–Kier alpha value is -2.24. The maximum absolute atomic E-state index is 10.6. The van der Waals surface area contributed by atoms with Crippen molar-refractivity contribution in [1.82, 2.24) is 4.90 Å². The molecule has 0 aliphatic carbocycles. The van der Waals surface area contributed by atoms with Crippen LogP contribution in [0.2, 0.25) is 0 Å². The lowest BCUT2D eigenvalue weighted by atomic mass is 10.0. The highest BCUT2D eigenvalue weighted by Crippen LogP contribution is 2.32. The van der Waals surface area contributed by atoms with E-state index in [0.29, 0.717) is 29.7 Å². The summed E-state index contributed by atoms with van der Waals surface area (Å²) >= 11 is 0. The smallest absolute Gasteiger partial charge is 0.164 e. The molecule has 5 heteroatoms. The van der Waals surface area contributed by atoms with Crippen LogP contribution in [0.4, 0.5) is 0 Å². The molecule has 0 bridgehead atoms. The number of rotatable bonds is 7. The molecule has 152 valence electrons. The van der Waals surface area contributed by atoms with E-state index in [4.69, 9.17) is 14.2 Å². The second kappa shape index (κ2) is 9.30. The van der Waals surface area contributed by atoms with Gasteiger partial charge in [0.1, 0.15) is 18.0 Å². The zero-order valence-corrected chi connectivity index (χ0v) is 17.2. The van der Waals surface area contributed by atoms with E-state index in [9.17, 15) is 5.11 Å². The Morgan fingerprint density at radius 3 is 2.36 bits per heavy atom. The van der Waals surface area contributed by atoms with Gasteiger partial charge in [0.25, 0.3) is 0 Å². The molecule has 0 unspecified atom stereocenters. The van der Waals surface area contributed by atoms with Gasteiger partial charge in [0.05, 0.1) is 14.2 Å². The van der Waals surface area contributed by atoms with Crippen LogP contribution in [0.3, 0.4) is 0 Å². The van der Waals surface area contributed by atoms with E-state index in [0.717, 1.165) is 19.5 Å². The summed E-state index contributed by atoms with van der Waals surface area (Å²) in [5, 5.41) is 10.6. The standard InChI is InChI=1S/C23H31NO4/c1-16(2)18-7-5-17(6-8-18)14-24-12-11-21(20(25)15-24)28-19-9-10-22(26-3)23(13-19)27-4/h5-10,13,16,20-21,25H,11-12,14-15H2,1-4H3/t20-,21-/m1/s1. The van der Waals surface area contributed by atoms with Gasteiger partial charge in [-0.3, -0.25) is 4.90 Å². The molecule has 1 aliphatic rings. The maximum atomic E-state index is 10.6. The summed E-state index contributed by atoms with van der Waals surface area (Å²) in [6.45, 7) is 6.74. The Morgan fingerprint density at radius 2 is 1.75 bits per heavy atom. The van der Waals surface area contributed by atoms with Crippen LogP contribution >= 0.6 is 0 Å². The summed E-state index contributed by atoms with van der Waals surface area (Å²) in [7, 11) is 3.21. The van der Waals surface area contributed by atoms with E-state index in [2.05, 4.69) is 43.0 Å². The summed E-state index contributed by atoms with van der Waals surface area (Å²) in [4.78, 5) is 2.28. The predicted octanol–water partition coefficient (Wildman–Crippen LogP) is 3.84. The molecule has 1 saturated heterocycles. The maximum Gasteiger partial charge on any atom is 0.164 e. The van der Waals surface area contributed by atoms with Gasteiger partial charge in [-0.15, -0.1) is 0 Å². The van der Waals surface area contributed by atoms with Gasteiger partial charge in [-0.1, -0.05) is 38.1 Å². The van der Waals surface area contributed by atoms with Gasteiger partial charge in [0.2, 0.25) is 0 Å². The highest BCUT2D eigenvalue weighted by Gasteiger charge is 2.29. The number of benzene rings is 2. The number of aliphatic hydroxyl groups is 1. The van der Waals surface area contributed by atoms with Crippen LogP contribution in [0.15, 0.2) is 42.5 Å². The van der Waals surface area contributed by atoms with E-state index >= 15 is 0 Å². The summed E-state index contributed by atoms with van der Waals surface area (Å²) in [5.41, 5.74) is 2.63. The molecule has 1 N–H and O–H groups in total. The summed E-state index contributed by atoms with van der Waals surface area (Å²) in [6.07, 6.45) is 0.0222. The predicted molar refractivity (Wildman–Crippen MR) is 110 cm³/mol. The Bertz CT molecular complexity index is 760. The van der Waals surface area contributed by atoms with Crippen LogP contribution in [0, 0.1) is 0 Å². The fourth-order valence-electron chi connectivity index (χ4n) is 3.59. The minimum Gasteiger partial charge on any atom is -0.493 e. The first-order valence-electron chi connectivity index (χ1n) is 9.88. The van der Waals surface area contributed by atoms with Gasteiger partial charge >= 0.3 is 0 Å². The number of nitrogens with zero attached hydrogens (tertiary/aromatic N) is 1. The molecule has 0 radical (unpaired) electrons. The number of likely N-dealkylation sites (tertiary alicyclic amines) is 1. The third-order valence-electron chi connectivity index (χ3n) is 5.30. The third kappa shape index (κ3) is 4.97. The van der Waals surface area contributed by atoms with Gasteiger partial charge in [-0.25, -0.2) is 0 Å². The first-order chi connectivity index (χ1) is 13.5. The normalized spacial score (nSPS) is 20.2. The van der Waals surface area contributed by atoms with Crippen molar-refractivity contribution in [3.63, 3.8) is 0 Å². The van der Waals surface area contributed by atoms with Crippen molar-refractivity contribution in [3.8, 4) is 17.2 Å². The zero-order chi connectivity index (χ0) is 20.1. The van der Waals surface area contributed by atoms with E-state index in [1.54, 1.807) is 20.3 Å². The molecule has 28 heavy (non-hydrogen) atoms. The largest absolute Gasteiger partial charge is 0.493 e. The van der Waals surface area contributed by atoms with E-state index in [1.165, 1.54) is 11.1 Å². The van der Waals surface area contributed by atoms with Crippen LogP contribution in [-0.2, 0) is 6.54 Å². The molecule has 1 fully saturated rings. The SMILES string of the molecule is COc1ccc(O[C@@H]2CCN(Cc3ccc(C(C)C)cc3)C[C@H]2O)cc1OC. The number of aliphatic hydroxyl groups excluding tert-OH is 1. The molecular weight excluding hydrogens is 354 g/mol. The molecule has 5 nitrogen and oxygen atoms in total. The lowest BCUT2D eigenvalue weighted by Crippen LogP contribution is -2.48. The third-order valence-corrected chi connectivity index (χ3v) is 5.30. The highest BCUT2D eigenvalue weighted by molar-refractivity contribution is 5.45. The Kier molecular flexibility index (Phi) is 6.81. The molecule has 3 rings (SSSR count). The van der Waals surface area contributed by atoms with Crippen LogP contribution in [0.5, 0.6) is 17.2 Å². The summed E-state index contributed by atoms with van der Waals surface area (Å²) < 4.78 is 16.6. The Morgan fingerprint density at radius 1 is 1.04 bits per heavy atom. The topological polar surface area (TPSA) is 51.2 Å². The van der Waals surface area contributed by atoms with E-state index in [1.807, 2.05) is 12.1 Å². The van der Waals surface area contributed by atoms with Crippen molar-refractivity contribution in [3.05, 3.63) is 53.6 Å². The van der Waals surface area contributed by atoms with Crippen molar-refractivity contribution < 1.29 is 19.3 Å². The van der Waals surface area contributed by atoms with E-state index < -0.39 is 6.10 Å². The molecule has 2 aromatic carbocycles. The number of hydrogen-bond acceptors (Lipinski definition) is 5. The fourth-order valence-corrected chi connectivity index (χ4v) is 3.59. The quantitative estimate of drug-likeness (QED) is 0.785. The first kappa shape index (κ1) is 20.5. The minimum atomic E-state index is -0.531. The van der Waals surface area contributed by atoms with Crippen LogP contribution in [-0.4, -0.2) is 49.5 Å². The minimum absolute atomic E-state index is 0.224. The highest BCUT2D eigenvalue weighted by atomic mass is 16.5. The number of β-amino-alcohol motifs (C(OH)–C–C–N with tert-alkyl or cyclic N) is 1. The average molecular weight is 386 g/mol. The second-order valence-corrected chi connectivity index (χ2v) is 7.66. The van der Waals surface area contributed by atoms with Crippen molar-refractivity contribution in [2.45, 2.75) is 44.9 Å². The molecule has 0 spiro atoms. The van der Waals surface area contributed by atoms with Gasteiger partial charge in [-0.05, 0) is 35.6 Å². The molecule has 1 heterocycles. The Labute approximate surface area is 167 Å². The fraction of sp³-hybridized carbons (Fsp3) is 0.478. The van der Waals surface area contributed by atoms with Gasteiger partial charge < -0.3 is 19.3 Å². The lowest BCUT2D eigenvalue weighted by Gasteiger charge is -2.36. The summed E-state index contributed by atoms with van der Waals surface area (Å²) in [6, 6.07) is 14.2. The lowest BCUT2D eigenvalue weighted by molar-refractivity contribution is -0.0275. The number of methoxy groups -OCH3 is 2. The summed E-state index contributed by atoms with van der Waals surface area (Å²) in [5.74, 6) is 2.50. The van der Waals surface area contributed by atoms with Crippen LogP contribution < -0.4 is 14.2 Å². The van der Waals surface area contributed by atoms with Crippen molar-refractivity contribution in [1.29, 1.82) is 0 Å². The number of ether oxygens (including phenoxy) is 3. The van der Waals surface area contributed by atoms with Crippen LogP contribution in [0.1, 0.15) is 37.3 Å². The van der Waals surface area contributed by atoms with Crippen molar-refractivity contribution in [2.75, 3.05) is 27.3 Å². The molecule has 2 atom stereocenters. The molecule has 0 aromatic heterocycles.